The van der Waals surface area contributed by atoms with E-state index in [0.29, 0.717) is 22.1 Å². The fourth-order valence-electron chi connectivity index (χ4n) is 1.96. The van der Waals surface area contributed by atoms with Crippen molar-refractivity contribution in [2.24, 2.45) is 0 Å². The lowest BCUT2D eigenvalue weighted by Crippen LogP contribution is -2.16. The van der Waals surface area contributed by atoms with Crippen molar-refractivity contribution in [3.05, 3.63) is 51.9 Å². The van der Waals surface area contributed by atoms with Crippen molar-refractivity contribution in [2.45, 2.75) is 32.0 Å². The zero-order valence-corrected chi connectivity index (χ0v) is 15.0. The van der Waals surface area contributed by atoms with E-state index in [2.05, 4.69) is 15.3 Å². The lowest BCUT2D eigenvalue weighted by molar-refractivity contribution is -0.113. The lowest BCUT2D eigenvalue weighted by Gasteiger charge is -2.09. The van der Waals surface area contributed by atoms with E-state index in [1.165, 1.54) is 6.07 Å². The molecule has 0 unspecified atom stereocenters. The number of thioether (sulfide) groups is 1. The van der Waals surface area contributed by atoms with Crippen LogP contribution in [-0.2, 0) is 9.53 Å². The van der Waals surface area contributed by atoms with Gasteiger partial charge in [0, 0.05) is 17.4 Å². The maximum Gasteiger partial charge on any atom is 0.338 e. The summed E-state index contributed by atoms with van der Waals surface area (Å²) in [5.41, 5.74) is 1.19. The number of anilines is 1. The number of aryl methyl sites for hydroxylation is 1. The molecule has 0 bridgehead atoms. The third kappa shape index (κ3) is 6.07. The lowest BCUT2D eigenvalue weighted by atomic mass is 10.2. The van der Waals surface area contributed by atoms with Crippen molar-refractivity contribution in [1.29, 1.82) is 0 Å². The van der Waals surface area contributed by atoms with Gasteiger partial charge in [-0.2, -0.15) is 0 Å². The molecule has 1 heterocycles. The van der Waals surface area contributed by atoms with Gasteiger partial charge in [-0.3, -0.25) is 9.59 Å². The van der Waals surface area contributed by atoms with Crippen LogP contribution in [0.1, 0.15) is 29.9 Å². The zero-order valence-electron chi connectivity index (χ0n) is 14.2. The standard InChI is InChI=1S/C17H19N3O4S/c1-10(2)24-16(23)12-5-4-6-13(8-12)19-15(22)9-25-17-18-11(3)7-14(21)20-17/h4-8,10H,9H2,1-3H3,(H,19,22)(H,18,20,21). The number of ether oxygens (including phenoxy) is 1. The highest BCUT2D eigenvalue weighted by atomic mass is 32.2. The summed E-state index contributed by atoms with van der Waals surface area (Å²) in [5, 5.41) is 3.09. The predicted octanol–water partition coefficient (Wildman–Crippen LogP) is 2.37. The molecular weight excluding hydrogens is 342 g/mol. The average Bonchev–Trinajstić information content (AvgIpc) is 2.52. The summed E-state index contributed by atoms with van der Waals surface area (Å²) < 4.78 is 5.13. The molecule has 0 saturated carbocycles. The smallest absolute Gasteiger partial charge is 0.338 e. The maximum atomic E-state index is 12.0. The van der Waals surface area contributed by atoms with Crippen molar-refractivity contribution >= 4 is 29.3 Å². The van der Waals surface area contributed by atoms with Gasteiger partial charge in [0.2, 0.25) is 5.91 Å². The van der Waals surface area contributed by atoms with Gasteiger partial charge in [-0.15, -0.1) is 0 Å². The van der Waals surface area contributed by atoms with E-state index < -0.39 is 5.97 Å². The average molecular weight is 361 g/mol. The molecule has 132 valence electrons. The first-order chi connectivity index (χ1) is 11.8. The van der Waals surface area contributed by atoms with E-state index in [1.54, 1.807) is 45.0 Å². The molecule has 1 aromatic carbocycles. The number of aromatic nitrogens is 2. The minimum absolute atomic E-state index is 0.0764. The van der Waals surface area contributed by atoms with E-state index in [-0.39, 0.29) is 23.3 Å². The molecule has 2 rings (SSSR count). The van der Waals surface area contributed by atoms with Crippen molar-refractivity contribution in [1.82, 2.24) is 9.97 Å². The van der Waals surface area contributed by atoms with Crippen LogP contribution in [0.25, 0.3) is 0 Å². The summed E-state index contributed by atoms with van der Waals surface area (Å²) in [6.07, 6.45) is -0.217. The first kappa shape index (κ1) is 18.7. The summed E-state index contributed by atoms with van der Waals surface area (Å²) in [6.45, 7) is 5.25. The molecule has 1 amide bonds. The van der Waals surface area contributed by atoms with Crippen LogP contribution in [0.4, 0.5) is 5.69 Å². The molecule has 2 aromatic rings. The molecule has 2 N–H and O–H groups in total. The number of rotatable bonds is 6. The van der Waals surface area contributed by atoms with E-state index in [1.807, 2.05) is 0 Å². The molecular formula is C17H19N3O4S. The second-order valence-corrected chi connectivity index (χ2v) is 6.53. The first-order valence-electron chi connectivity index (χ1n) is 7.65. The van der Waals surface area contributed by atoms with Crippen LogP contribution in [0.2, 0.25) is 0 Å². The Hall–Kier alpha value is -2.61. The molecule has 0 aliphatic rings. The molecule has 0 saturated heterocycles. The Labute approximate surface area is 149 Å². The van der Waals surface area contributed by atoms with Crippen LogP contribution in [0.3, 0.4) is 0 Å². The van der Waals surface area contributed by atoms with Crippen LogP contribution < -0.4 is 10.9 Å². The van der Waals surface area contributed by atoms with Crippen LogP contribution in [0, 0.1) is 6.92 Å². The number of amides is 1. The quantitative estimate of drug-likeness (QED) is 0.465. The van der Waals surface area contributed by atoms with Gasteiger partial charge in [-0.1, -0.05) is 17.8 Å². The number of carbonyl (C=O) groups excluding carboxylic acids is 2. The van der Waals surface area contributed by atoms with E-state index >= 15 is 0 Å². The monoisotopic (exact) mass is 361 g/mol. The van der Waals surface area contributed by atoms with Crippen molar-refractivity contribution < 1.29 is 14.3 Å². The highest BCUT2D eigenvalue weighted by Gasteiger charge is 2.11. The molecule has 8 heteroatoms. The van der Waals surface area contributed by atoms with Crippen molar-refractivity contribution in [3.8, 4) is 0 Å². The molecule has 0 radical (unpaired) electrons. The van der Waals surface area contributed by atoms with Crippen molar-refractivity contribution in [3.63, 3.8) is 0 Å². The highest BCUT2D eigenvalue weighted by Crippen LogP contribution is 2.15. The Kier molecular flexibility index (Phi) is 6.35. The van der Waals surface area contributed by atoms with E-state index in [4.69, 9.17) is 4.74 Å². The normalized spacial score (nSPS) is 10.6. The van der Waals surface area contributed by atoms with Gasteiger partial charge >= 0.3 is 5.97 Å². The topological polar surface area (TPSA) is 101 Å². The minimum atomic E-state index is -0.443. The number of carbonyl (C=O) groups is 2. The highest BCUT2D eigenvalue weighted by molar-refractivity contribution is 7.99. The number of H-pyrrole nitrogens is 1. The van der Waals surface area contributed by atoms with E-state index in [9.17, 15) is 14.4 Å². The second-order valence-electron chi connectivity index (χ2n) is 5.56. The number of benzene rings is 1. The Morgan fingerprint density at radius 1 is 1.32 bits per heavy atom. The van der Waals surface area contributed by atoms with Gasteiger partial charge in [-0.25, -0.2) is 9.78 Å². The number of aromatic amines is 1. The van der Waals surface area contributed by atoms with Gasteiger partial charge in [-0.05, 0) is 39.0 Å². The molecule has 1 aromatic heterocycles. The molecule has 7 nitrogen and oxygen atoms in total. The number of hydrogen-bond acceptors (Lipinski definition) is 6. The third-order valence-electron chi connectivity index (χ3n) is 2.91. The number of nitrogens with one attached hydrogen (secondary N) is 2. The predicted molar refractivity (Wildman–Crippen MR) is 95.9 cm³/mol. The van der Waals surface area contributed by atoms with E-state index in [0.717, 1.165) is 11.8 Å². The molecule has 0 fully saturated rings. The summed E-state index contributed by atoms with van der Waals surface area (Å²) in [7, 11) is 0. The minimum Gasteiger partial charge on any atom is -0.459 e. The fourth-order valence-corrected chi connectivity index (χ4v) is 2.68. The number of hydrogen-bond donors (Lipinski definition) is 2. The van der Waals surface area contributed by atoms with Gasteiger partial charge in [0.05, 0.1) is 17.4 Å². The fraction of sp³-hybridized carbons (Fsp3) is 0.294. The Bertz CT molecular complexity index is 833. The molecule has 0 atom stereocenters. The van der Waals surface area contributed by atoms with Crippen molar-refractivity contribution in [2.75, 3.05) is 11.1 Å². The largest absolute Gasteiger partial charge is 0.459 e. The van der Waals surface area contributed by atoms with Gasteiger partial charge in [0.25, 0.3) is 5.56 Å². The summed E-state index contributed by atoms with van der Waals surface area (Å²) in [5.74, 6) is -0.641. The van der Waals surface area contributed by atoms with Crippen LogP contribution >= 0.6 is 11.8 Å². The molecule has 0 spiro atoms. The SMILES string of the molecule is Cc1cc(=O)[nH]c(SCC(=O)Nc2cccc(C(=O)OC(C)C)c2)n1. The number of esters is 1. The zero-order chi connectivity index (χ0) is 18.4. The third-order valence-corrected chi connectivity index (χ3v) is 3.79. The van der Waals surface area contributed by atoms with Gasteiger partial charge < -0.3 is 15.0 Å². The molecule has 0 aliphatic carbocycles. The summed E-state index contributed by atoms with van der Waals surface area (Å²) in [4.78, 5) is 42.0. The molecule has 0 aliphatic heterocycles. The summed E-state index contributed by atoms with van der Waals surface area (Å²) in [6, 6.07) is 7.91. The summed E-state index contributed by atoms with van der Waals surface area (Å²) >= 11 is 1.12. The number of nitrogens with zero attached hydrogens (tertiary/aromatic N) is 1. The van der Waals surface area contributed by atoms with Gasteiger partial charge in [0.15, 0.2) is 5.16 Å². The van der Waals surface area contributed by atoms with Crippen LogP contribution in [0.15, 0.2) is 40.3 Å². The van der Waals surface area contributed by atoms with Crippen LogP contribution in [0.5, 0.6) is 0 Å². The first-order valence-corrected chi connectivity index (χ1v) is 8.63. The molecule has 25 heavy (non-hydrogen) atoms. The second kappa shape index (κ2) is 8.48. The Morgan fingerprint density at radius 2 is 2.08 bits per heavy atom. The maximum absolute atomic E-state index is 12.0. The van der Waals surface area contributed by atoms with Gasteiger partial charge in [0.1, 0.15) is 0 Å². The Morgan fingerprint density at radius 3 is 2.76 bits per heavy atom. The Balaban J connectivity index is 1.96. The van der Waals surface area contributed by atoms with Crippen LogP contribution in [-0.4, -0.2) is 33.7 Å².